The summed E-state index contributed by atoms with van der Waals surface area (Å²) >= 11 is 5.94. The zero-order chi connectivity index (χ0) is 23.5. The van der Waals surface area contributed by atoms with Gasteiger partial charge in [0.2, 0.25) is 5.91 Å². The Morgan fingerprint density at radius 1 is 1.34 bits per heavy atom. The molecule has 1 amide bonds. The SMILES string of the molecule is COc1cc(Cl)ncc1NC(=O)C1(c2ccccc2C(C)C)CN(CCNS(N)(=O)=O)C1. The van der Waals surface area contributed by atoms with Crippen LogP contribution >= 0.6 is 11.6 Å². The van der Waals surface area contributed by atoms with Gasteiger partial charge in [-0.2, -0.15) is 8.42 Å². The molecule has 0 atom stereocenters. The van der Waals surface area contributed by atoms with Gasteiger partial charge < -0.3 is 10.1 Å². The summed E-state index contributed by atoms with van der Waals surface area (Å²) in [5.74, 6) is 0.448. The quantitative estimate of drug-likeness (QED) is 0.469. The van der Waals surface area contributed by atoms with E-state index in [0.29, 0.717) is 31.1 Å². The number of benzene rings is 1. The van der Waals surface area contributed by atoms with Crippen molar-refractivity contribution in [1.29, 1.82) is 0 Å². The molecule has 11 heteroatoms. The van der Waals surface area contributed by atoms with Crippen molar-refractivity contribution in [2.24, 2.45) is 5.14 Å². The fourth-order valence-electron chi connectivity index (χ4n) is 4.01. The summed E-state index contributed by atoms with van der Waals surface area (Å²) in [4.78, 5) is 19.7. The molecule has 1 aromatic carbocycles. The molecule has 0 saturated carbocycles. The lowest BCUT2D eigenvalue weighted by Crippen LogP contribution is -2.66. The predicted molar refractivity (Wildman–Crippen MR) is 124 cm³/mol. The Bertz CT molecular complexity index is 1090. The van der Waals surface area contributed by atoms with Crippen molar-refractivity contribution < 1.29 is 17.9 Å². The van der Waals surface area contributed by atoms with Gasteiger partial charge in [-0.3, -0.25) is 9.69 Å². The standard InChI is InChI=1S/C21H28ClN5O4S/c1-14(2)15-6-4-5-7-16(15)21(12-27(13-21)9-8-25-32(23,29)30)20(28)26-17-11-24-19(22)10-18(17)31-3/h4-7,10-11,14,25H,8-9,12-13H2,1-3H3,(H,26,28)(H2,23,29,30). The van der Waals surface area contributed by atoms with Crippen LogP contribution in [-0.4, -0.2) is 57.5 Å². The van der Waals surface area contributed by atoms with Gasteiger partial charge in [-0.25, -0.2) is 14.8 Å². The van der Waals surface area contributed by atoms with E-state index in [9.17, 15) is 13.2 Å². The second kappa shape index (κ2) is 9.72. The minimum absolute atomic E-state index is 0.164. The fraction of sp³-hybridized carbons (Fsp3) is 0.429. The fourth-order valence-corrected chi connectivity index (χ4v) is 4.54. The highest BCUT2D eigenvalue weighted by molar-refractivity contribution is 7.87. The average molecular weight is 482 g/mol. The van der Waals surface area contributed by atoms with Crippen molar-refractivity contribution in [2.75, 3.05) is 38.6 Å². The Morgan fingerprint density at radius 3 is 2.66 bits per heavy atom. The molecule has 9 nitrogen and oxygen atoms in total. The molecule has 1 aliphatic heterocycles. The van der Waals surface area contributed by atoms with Crippen LogP contribution in [-0.2, 0) is 20.4 Å². The number of hydrogen-bond acceptors (Lipinski definition) is 6. The topological polar surface area (TPSA) is 127 Å². The van der Waals surface area contributed by atoms with Gasteiger partial charge >= 0.3 is 0 Å². The minimum atomic E-state index is -3.76. The number of hydrogen-bond donors (Lipinski definition) is 3. The molecule has 0 unspecified atom stereocenters. The second-order valence-corrected chi connectivity index (χ2v) is 9.90. The van der Waals surface area contributed by atoms with E-state index in [2.05, 4.69) is 28.9 Å². The minimum Gasteiger partial charge on any atom is -0.494 e. The van der Waals surface area contributed by atoms with Gasteiger partial charge in [-0.15, -0.1) is 0 Å². The molecule has 0 spiro atoms. The molecular formula is C21H28ClN5O4S. The van der Waals surface area contributed by atoms with E-state index in [0.717, 1.165) is 11.1 Å². The number of pyridine rings is 1. The molecule has 3 rings (SSSR count). The van der Waals surface area contributed by atoms with Gasteiger partial charge in [0.25, 0.3) is 10.2 Å². The molecule has 1 aromatic heterocycles. The van der Waals surface area contributed by atoms with Gasteiger partial charge in [0.1, 0.15) is 16.6 Å². The van der Waals surface area contributed by atoms with E-state index >= 15 is 0 Å². The van der Waals surface area contributed by atoms with Crippen LogP contribution in [0.3, 0.4) is 0 Å². The first-order chi connectivity index (χ1) is 15.1. The molecule has 2 heterocycles. The third kappa shape index (κ3) is 5.38. The van der Waals surface area contributed by atoms with E-state index < -0.39 is 15.6 Å². The first kappa shape index (κ1) is 24.4. The zero-order valence-electron chi connectivity index (χ0n) is 18.3. The number of nitrogens with one attached hydrogen (secondary N) is 2. The maximum absolute atomic E-state index is 13.6. The van der Waals surface area contributed by atoms with Gasteiger partial charge in [0.05, 0.1) is 18.7 Å². The van der Waals surface area contributed by atoms with Crippen molar-refractivity contribution in [1.82, 2.24) is 14.6 Å². The van der Waals surface area contributed by atoms with Crippen LogP contribution in [0.15, 0.2) is 36.5 Å². The number of methoxy groups -OCH3 is 1. The Kier molecular flexibility index (Phi) is 7.41. The summed E-state index contributed by atoms with van der Waals surface area (Å²) in [5, 5.41) is 8.22. The smallest absolute Gasteiger partial charge is 0.274 e. The maximum Gasteiger partial charge on any atom is 0.274 e. The van der Waals surface area contributed by atoms with Crippen LogP contribution in [0.2, 0.25) is 5.15 Å². The summed E-state index contributed by atoms with van der Waals surface area (Å²) in [6, 6.07) is 9.43. The van der Waals surface area contributed by atoms with E-state index in [-0.39, 0.29) is 23.5 Å². The molecule has 4 N–H and O–H groups in total. The maximum atomic E-state index is 13.6. The number of nitrogens with zero attached hydrogens (tertiary/aromatic N) is 2. The van der Waals surface area contributed by atoms with Gasteiger partial charge in [0.15, 0.2) is 0 Å². The van der Waals surface area contributed by atoms with Crippen LogP contribution < -0.4 is 19.9 Å². The number of likely N-dealkylation sites (tertiary alicyclic amines) is 1. The van der Waals surface area contributed by atoms with Crippen LogP contribution in [0, 0.1) is 0 Å². The van der Waals surface area contributed by atoms with Crippen LogP contribution in [0.4, 0.5) is 5.69 Å². The number of rotatable bonds is 9. The lowest BCUT2D eigenvalue weighted by atomic mass is 9.69. The van der Waals surface area contributed by atoms with Crippen LogP contribution in [0.1, 0.15) is 30.9 Å². The predicted octanol–water partition coefficient (Wildman–Crippen LogP) is 1.85. The molecule has 0 radical (unpaired) electrons. The molecule has 174 valence electrons. The summed E-state index contributed by atoms with van der Waals surface area (Å²) in [6.07, 6.45) is 1.47. The van der Waals surface area contributed by atoms with Gasteiger partial charge in [-0.1, -0.05) is 49.7 Å². The number of aromatic nitrogens is 1. The van der Waals surface area contributed by atoms with E-state index in [1.54, 1.807) is 0 Å². The Balaban J connectivity index is 1.88. The molecule has 1 fully saturated rings. The average Bonchev–Trinajstić information content (AvgIpc) is 2.70. The third-order valence-electron chi connectivity index (χ3n) is 5.55. The van der Waals surface area contributed by atoms with Gasteiger partial charge in [0, 0.05) is 32.2 Å². The zero-order valence-corrected chi connectivity index (χ0v) is 19.8. The molecule has 0 bridgehead atoms. The monoisotopic (exact) mass is 481 g/mol. The largest absolute Gasteiger partial charge is 0.494 e. The molecule has 1 saturated heterocycles. The number of halogens is 1. The highest BCUT2D eigenvalue weighted by Crippen LogP contribution is 2.40. The Morgan fingerprint density at radius 2 is 2.03 bits per heavy atom. The molecule has 2 aromatic rings. The number of nitrogens with two attached hydrogens (primary N) is 1. The number of carbonyl (C=O) groups is 1. The van der Waals surface area contributed by atoms with Crippen LogP contribution in [0.25, 0.3) is 0 Å². The highest BCUT2D eigenvalue weighted by Gasteiger charge is 2.51. The second-order valence-electron chi connectivity index (χ2n) is 8.14. The van der Waals surface area contributed by atoms with Gasteiger partial charge in [-0.05, 0) is 17.0 Å². The van der Waals surface area contributed by atoms with E-state index in [1.807, 2.05) is 29.2 Å². The van der Waals surface area contributed by atoms with E-state index in [4.69, 9.17) is 21.5 Å². The van der Waals surface area contributed by atoms with Crippen molar-refractivity contribution >= 4 is 33.4 Å². The number of anilines is 1. The molecule has 32 heavy (non-hydrogen) atoms. The van der Waals surface area contributed by atoms with E-state index in [1.165, 1.54) is 19.4 Å². The molecule has 0 aliphatic carbocycles. The van der Waals surface area contributed by atoms with Crippen molar-refractivity contribution in [2.45, 2.75) is 25.2 Å². The summed E-state index contributed by atoms with van der Waals surface area (Å²) in [5.41, 5.74) is 1.65. The normalized spacial score (nSPS) is 15.9. The summed E-state index contributed by atoms with van der Waals surface area (Å²) < 4.78 is 29.9. The molecule has 1 aliphatic rings. The lowest BCUT2D eigenvalue weighted by Gasteiger charge is -2.50. The Hall–Kier alpha value is -2.24. The first-order valence-corrected chi connectivity index (χ1v) is 12.1. The highest BCUT2D eigenvalue weighted by atomic mass is 35.5. The third-order valence-corrected chi connectivity index (χ3v) is 6.37. The lowest BCUT2D eigenvalue weighted by molar-refractivity contribution is -0.128. The first-order valence-electron chi connectivity index (χ1n) is 10.2. The number of ether oxygens (including phenoxy) is 1. The van der Waals surface area contributed by atoms with Crippen molar-refractivity contribution in [3.05, 3.63) is 52.8 Å². The number of carbonyl (C=O) groups excluding carboxylic acids is 1. The van der Waals surface area contributed by atoms with Crippen LogP contribution in [0.5, 0.6) is 5.75 Å². The van der Waals surface area contributed by atoms with Crippen molar-refractivity contribution in [3.63, 3.8) is 0 Å². The number of amides is 1. The summed E-state index contributed by atoms with van der Waals surface area (Å²) in [6.45, 7) is 5.63. The van der Waals surface area contributed by atoms with Crippen molar-refractivity contribution in [3.8, 4) is 5.75 Å². The Labute approximate surface area is 193 Å². The molecular weight excluding hydrogens is 454 g/mol. The summed E-state index contributed by atoms with van der Waals surface area (Å²) in [7, 11) is -2.26.